The highest BCUT2D eigenvalue weighted by Gasteiger charge is 2.05. The van der Waals surface area contributed by atoms with Gasteiger partial charge in [-0.05, 0) is 30.5 Å². The highest BCUT2D eigenvalue weighted by molar-refractivity contribution is 6.31. The van der Waals surface area contributed by atoms with E-state index in [1.165, 1.54) is 6.07 Å². The van der Waals surface area contributed by atoms with E-state index in [9.17, 15) is 4.39 Å². The van der Waals surface area contributed by atoms with E-state index >= 15 is 0 Å². The summed E-state index contributed by atoms with van der Waals surface area (Å²) in [7, 11) is 0. The molecule has 0 amide bonds. The molecule has 0 heterocycles. The van der Waals surface area contributed by atoms with Crippen LogP contribution in [0.3, 0.4) is 0 Å². The van der Waals surface area contributed by atoms with Crippen LogP contribution < -0.4 is 0 Å². The van der Waals surface area contributed by atoms with Crippen molar-refractivity contribution < 1.29 is 4.39 Å². The molecule has 0 spiro atoms. The van der Waals surface area contributed by atoms with Crippen LogP contribution in [0.2, 0.25) is 5.02 Å². The Labute approximate surface area is 71.0 Å². The number of rotatable bonds is 1. The standard InChI is InChI=1S/C9H10ClF/c1-3-7-4-5-8(11)9(10)6(7)2/h4-5H,3H2,1-2H3. The minimum absolute atomic E-state index is 0.254. The highest BCUT2D eigenvalue weighted by Crippen LogP contribution is 2.22. The molecule has 0 aliphatic heterocycles. The van der Waals surface area contributed by atoms with Gasteiger partial charge in [-0.25, -0.2) is 4.39 Å². The maximum Gasteiger partial charge on any atom is 0.142 e. The van der Waals surface area contributed by atoms with E-state index in [0.29, 0.717) is 0 Å². The summed E-state index contributed by atoms with van der Waals surface area (Å²) in [6, 6.07) is 3.19. The summed E-state index contributed by atoms with van der Waals surface area (Å²) in [5.41, 5.74) is 1.96. The molecule has 1 rings (SSSR count). The topological polar surface area (TPSA) is 0 Å². The second-order valence-corrected chi connectivity index (χ2v) is 2.88. The van der Waals surface area contributed by atoms with E-state index in [1.54, 1.807) is 6.07 Å². The predicted octanol–water partition coefficient (Wildman–Crippen LogP) is 3.35. The molecule has 0 atom stereocenters. The molecule has 0 radical (unpaired) electrons. The van der Waals surface area contributed by atoms with Gasteiger partial charge in [-0.1, -0.05) is 24.6 Å². The van der Waals surface area contributed by atoms with Crippen molar-refractivity contribution in [2.75, 3.05) is 0 Å². The molecule has 0 saturated carbocycles. The minimum atomic E-state index is -0.332. The monoisotopic (exact) mass is 172 g/mol. The van der Waals surface area contributed by atoms with Crippen LogP contribution >= 0.6 is 11.6 Å². The van der Waals surface area contributed by atoms with Crippen LogP contribution in [0.5, 0.6) is 0 Å². The van der Waals surface area contributed by atoms with Gasteiger partial charge in [-0.2, -0.15) is 0 Å². The second kappa shape index (κ2) is 3.22. The quantitative estimate of drug-likeness (QED) is 0.610. The Hall–Kier alpha value is -0.560. The molecule has 2 heteroatoms. The van der Waals surface area contributed by atoms with Gasteiger partial charge in [0, 0.05) is 0 Å². The molecule has 60 valence electrons. The average molecular weight is 173 g/mol. The lowest BCUT2D eigenvalue weighted by Crippen LogP contribution is -1.89. The molecule has 11 heavy (non-hydrogen) atoms. The van der Waals surface area contributed by atoms with E-state index in [-0.39, 0.29) is 10.8 Å². The molecule has 1 aromatic rings. The number of halogens is 2. The van der Waals surface area contributed by atoms with Gasteiger partial charge < -0.3 is 0 Å². The van der Waals surface area contributed by atoms with Crippen molar-refractivity contribution in [3.8, 4) is 0 Å². The Bertz CT molecular complexity index is 269. The summed E-state index contributed by atoms with van der Waals surface area (Å²) in [6.45, 7) is 3.86. The van der Waals surface area contributed by atoms with Crippen LogP contribution in [0, 0.1) is 12.7 Å². The van der Waals surface area contributed by atoms with Crippen molar-refractivity contribution in [3.63, 3.8) is 0 Å². The molecule has 0 saturated heterocycles. The molecule has 0 aliphatic carbocycles. The molecule has 0 fully saturated rings. The minimum Gasteiger partial charge on any atom is -0.205 e. The van der Waals surface area contributed by atoms with Crippen LogP contribution in [0.4, 0.5) is 4.39 Å². The Kier molecular flexibility index (Phi) is 2.50. The summed E-state index contributed by atoms with van der Waals surface area (Å²) < 4.78 is 12.8. The maximum absolute atomic E-state index is 12.8. The first-order valence-electron chi connectivity index (χ1n) is 3.60. The number of hydrogen-bond acceptors (Lipinski definition) is 0. The third kappa shape index (κ3) is 1.54. The maximum atomic E-state index is 12.8. The fraction of sp³-hybridized carbons (Fsp3) is 0.333. The number of aryl methyl sites for hydroxylation is 1. The van der Waals surface area contributed by atoms with Gasteiger partial charge in [0.25, 0.3) is 0 Å². The van der Waals surface area contributed by atoms with Gasteiger partial charge in [-0.15, -0.1) is 0 Å². The lowest BCUT2D eigenvalue weighted by Gasteiger charge is -2.04. The van der Waals surface area contributed by atoms with Gasteiger partial charge in [-0.3, -0.25) is 0 Å². The van der Waals surface area contributed by atoms with Crippen LogP contribution in [-0.2, 0) is 6.42 Å². The largest absolute Gasteiger partial charge is 0.205 e. The average Bonchev–Trinajstić information content (AvgIpc) is 2.01. The smallest absolute Gasteiger partial charge is 0.142 e. The summed E-state index contributed by atoms with van der Waals surface area (Å²) in [6.07, 6.45) is 0.895. The first kappa shape index (κ1) is 8.54. The summed E-state index contributed by atoms with van der Waals surface area (Å²) in [5, 5.41) is 0.254. The molecule has 0 aliphatic rings. The number of benzene rings is 1. The van der Waals surface area contributed by atoms with E-state index < -0.39 is 0 Å². The molecule has 1 aromatic carbocycles. The van der Waals surface area contributed by atoms with Gasteiger partial charge >= 0.3 is 0 Å². The van der Waals surface area contributed by atoms with Gasteiger partial charge in [0.2, 0.25) is 0 Å². The normalized spacial score (nSPS) is 10.2. The highest BCUT2D eigenvalue weighted by atomic mass is 35.5. The SMILES string of the molecule is CCc1ccc(F)c(Cl)c1C. The van der Waals surface area contributed by atoms with Crippen molar-refractivity contribution in [2.45, 2.75) is 20.3 Å². The molecule has 0 N–H and O–H groups in total. The van der Waals surface area contributed by atoms with Crippen molar-refractivity contribution in [3.05, 3.63) is 34.1 Å². The van der Waals surface area contributed by atoms with Crippen molar-refractivity contribution in [1.29, 1.82) is 0 Å². The third-order valence-electron chi connectivity index (χ3n) is 1.83. The lowest BCUT2D eigenvalue weighted by atomic mass is 10.1. The summed E-state index contributed by atoms with van der Waals surface area (Å²) >= 11 is 5.69. The molecular formula is C9H10ClF. The van der Waals surface area contributed by atoms with Gasteiger partial charge in [0.1, 0.15) is 5.82 Å². The van der Waals surface area contributed by atoms with Crippen molar-refractivity contribution in [2.24, 2.45) is 0 Å². The Morgan fingerprint density at radius 2 is 2.09 bits per heavy atom. The van der Waals surface area contributed by atoms with Crippen LogP contribution in [0.15, 0.2) is 12.1 Å². The second-order valence-electron chi connectivity index (χ2n) is 2.50. The molecular weight excluding hydrogens is 163 g/mol. The lowest BCUT2D eigenvalue weighted by molar-refractivity contribution is 0.626. The zero-order valence-electron chi connectivity index (χ0n) is 6.62. The van der Waals surface area contributed by atoms with Crippen LogP contribution in [0.1, 0.15) is 18.1 Å². The zero-order valence-corrected chi connectivity index (χ0v) is 7.37. The predicted molar refractivity (Wildman–Crippen MR) is 45.5 cm³/mol. The third-order valence-corrected chi connectivity index (χ3v) is 2.30. The Morgan fingerprint density at radius 3 is 2.64 bits per heavy atom. The van der Waals surface area contributed by atoms with Crippen molar-refractivity contribution in [1.82, 2.24) is 0 Å². The summed E-state index contributed by atoms with van der Waals surface area (Å²) in [4.78, 5) is 0. The van der Waals surface area contributed by atoms with E-state index in [1.807, 2.05) is 13.8 Å². The van der Waals surface area contributed by atoms with Gasteiger partial charge in [0.05, 0.1) is 5.02 Å². The molecule has 0 bridgehead atoms. The molecule has 0 aromatic heterocycles. The Morgan fingerprint density at radius 1 is 1.45 bits per heavy atom. The molecule has 0 unspecified atom stereocenters. The molecule has 0 nitrogen and oxygen atoms in total. The zero-order chi connectivity index (χ0) is 8.43. The van der Waals surface area contributed by atoms with E-state index in [0.717, 1.165) is 17.5 Å². The Balaban J connectivity index is 3.25. The van der Waals surface area contributed by atoms with Crippen molar-refractivity contribution >= 4 is 11.6 Å². The van der Waals surface area contributed by atoms with E-state index in [4.69, 9.17) is 11.6 Å². The fourth-order valence-electron chi connectivity index (χ4n) is 1.08. The first-order valence-corrected chi connectivity index (χ1v) is 3.98. The number of hydrogen-bond donors (Lipinski definition) is 0. The van der Waals surface area contributed by atoms with Crippen LogP contribution in [-0.4, -0.2) is 0 Å². The van der Waals surface area contributed by atoms with Crippen LogP contribution in [0.25, 0.3) is 0 Å². The fourth-order valence-corrected chi connectivity index (χ4v) is 1.26. The van der Waals surface area contributed by atoms with E-state index in [2.05, 4.69) is 0 Å². The summed E-state index contributed by atoms with van der Waals surface area (Å²) in [5.74, 6) is -0.332. The van der Waals surface area contributed by atoms with Gasteiger partial charge in [0.15, 0.2) is 0 Å². The first-order chi connectivity index (χ1) is 5.16.